The van der Waals surface area contributed by atoms with E-state index in [0.29, 0.717) is 36.9 Å². The summed E-state index contributed by atoms with van der Waals surface area (Å²) in [6, 6.07) is 19.5. The van der Waals surface area contributed by atoms with Gasteiger partial charge in [-0.1, -0.05) is 43.3 Å². The molecule has 3 aromatic carbocycles. The van der Waals surface area contributed by atoms with Crippen molar-refractivity contribution in [3.63, 3.8) is 0 Å². The number of benzene rings is 3. The van der Waals surface area contributed by atoms with Crippen molar-refractivity contribution >= 4 is 16.7 Å². The van der Waals surface area contributed by atoms with E-state index < -0.39 is 6.10 Å². The molecule has 164 valence electrons. The van der Waals surface area contributed by atoms with Gasteiger partial charge in [-0.3, -0.25) is 4.79 Å². The van der Waals surface area contributed by atoms with Crippen LogP contribution in [0.4, 0.5) is 0 Å². The van der Waals surface area contributed by atoms with Crippen LogP contribution in [0.2, 0.25) is 0 Å². The van der Waals surface area contributed by atoms with E-state index in [0.717, 1.165) is 16.3 Å². The van der Waals surface area contributed by atoms with E-state index in [1.165, 1.54) is 0 Å². The maximum absolute atomic E-state index is 12.9. The molecule has 0 fully saturated rings. The van der Waals surface area contributed by atoms with Gasteiger partial charge in [-0.15, -0.1) is 0 Å². The first-order valence-electron chi connectivity index (χ1n) is 10.9. The number of hydrogen-bond acceptors (Lipinski definition) is 4. The van der Waals surface area contributed by atoms with E-state index in [1.807, 2.05) is 82.3 Å². The van der Waals surface area contributed by atoms with Gasteiger partial charge in [-0.2, -0.15) is 0 Å². The number of carbonyl (C=O) groups is 1. The molecule has 3 aromatic rings. The molecule has 5 heteroatoms. The Morgan fingerprint density at radius 1 is 0.871 bits per heavy atom. The highest BCUT2D eigenvalue weighted by Gasteiger charge is 2.21. The molecule has 0 saturated heterocycles. The van der Waals surface area contributed by atoms with Crippen LogP contribution < -0.4 is 19.5 Å². The minimum absolute atomic E-state index is 0.144. The average Bonchev–Trinajstić information content (AvgIpc) is 2.78. The molecule has 5 nitrogen and oxygen atoms in total. The Labute approximate surface area is 184 Å². The van der Waals surface area contributed by atoms with Gasteiger partial charge in [0.1, 0.15) is 5.75 Å². The average molecular weight is 422 g/mol. The van der Waals surface area contributed by atoms with Gasteiger partial charge in [0.25, 0.3) is 5.91 Å². The van der Waals surface area contributed by atoms with Crippen LogP contribution >= 0.6 is 0 Å². The van der Waals surface area contributed by atoms with E-state index in [2.05, 4.69) is 11.4 Å². The zero-order valence-electron chi connectivity index (χ0n) is 18.7. The predicted octanol–water partition coefficient (Wildman–Crippen LogP) is 5.67. The van der Waals surface area contributed by atoms with Gasteiger partial charge in [0.05, 0.1) is 19.3 Å². The lowest BCUT2D eigenvalue weighted by molar-refractivity contribution is -0.128. The highest BCUT2D eigenvalue weighted by atomic mass is 16.5. The molecule has 0 heterocycles. The molecule has 0 radical (unpaired) electrons. The molecule has 3 rings (SSSR count). The standard InChI is InChI=1S/C26H31NO4/c1-5-23(31-22-14-12-19-10-8-9-11-21(19)16-22)26(28)27-18(4)20-13-15-24(29-6-2)25(17-20)30-7-3/h8-18,23H,5-7H2,1-4H3,(H,27,28)/t18-,23-/m1/s1. The van der Waals surface area contributed by atoms with Gasteiger partial charge in [0.15, 0.2) is 17.6 Å². The maximum Gasteiger partial charge on any atom is 0.261 e. The molecule has 31 heavy (non-hydrogen) atoms. The summed E-state index contributed by atoms with van der Waals surface area (Å²) in [7, 11) is 0. The Morgan fingerprint density at radius 2 is 1.58 bits per heavy atom. The number of fused-ring (bicyclic) bond motifs is 1. The van der Waals surface area contributed by atoms with E-state index in [-0.39, 0.29) is 11.9 Å². The molecule has 0 aromatic heterocycles. The van der Waals surface area contributed by atoms with Crippen molar-refractivity contribution in [2.45, 2.75) is 46.3 Å². The third-order valence-corrected chi connectivity index (χ3v) is 5.09. The maximum atomic E-state index is 12.9. The molecule has 0 saturated carbocycles. The van der Waals surface area contributed by atoms with Gasteiger partial charge in [-0.25, -0.2) is 0 Å². The first-order chi connectivity index (χ1) is 15.0. The fraction of sp³-hybridized carbons (Fsp3) is 0.346. The zero-order chi connectivity index (χ0) is 22.2. The summed E-state index contributed by atoms with van der Waals surface area (Å²) >= 11 is 0. The Hall–Kier alpha value is -3.21. The summed E-state index contributed by atoms with van der Waals surface area (Å²) in [5.41, 5.74) is 0.945. The molecular weight excluding hydrogens is 390 g/mol. The van der Waals surface area contributed by atoms with Crippen molar-refractivity contribution in [1.29, 1.82) is 0 Å². The van der Waals surface area contributed by atoms with Crippen LogP contribution in [0.25, 0.3) is 10.8 Å². The monoisotopic (exact) mass is 421 g/mol. The van der Waals surface area contributed by atoms with E-state index in [4.69, 9.17) is 14.2 Å². The summed E-state index contributed by atoms with van der Waals surface area (Å²) in [5.74, 6) is 1.93. The van der Waals surface area contributed by atoms with Crippen molar-refractivity contribution in [1.82, 2.24) is 5.32 Å². The molecule has 0 unspecified atom stereocenters. The molecule has 0 aliphatic carbocycles. The number of carbonyl (C=O) groups excluding carboxylic acids is 1. The van der Waals surface area contributed by atoms with E-state index >= 15 is 0 Å². The minimum atomic E-state index is -0.572. The lowest BCUT2D eigenvalue weighted by atomic mass is 10.1. The molecule has 1 amide bonds. The van der Waals surface area contributed by atoms with Crippen molar-refractivity contribution in [3.8, 4) is 17.2 Å². The third-order valence-electron chi connectivity index (χ3n) is 5.09. The Bertz CT molecular complexity index is 1020. The Morgan fingerprint density at radius 3 is 2.29 bits per heavy atom. The first-order valence-corrected chi connectivity index (χ1v) is 10.9. The fourth-order valence-electron chi connectivity index (χ4n) is 3.45. The lowest BCUT2D eigenvalue weighted by Crippen LogP contribution is -2.39. The molecule has 0 aliphatic rings. The third kappa shape index (κ3) is 5.69. The van der Waals surface area contributed by atoms with E-state index in [9.17, 15) is 4.79 Å². The van der Waals surface area contributed by atoms with Gasteiger partial charge in [0, 0.05) is 0 Å². The Balaban J connectivity index is 1.69. The number of hydrogen-bond donors (Lipinski definition) is 1. The Kier molecular flexibility index (Phi) is 7.76. The summed E-state index contributed by atoms with van der Waals surface area (Å²) < 4.78 is 17.4. The highest BCUT2D eigenvalue weighted by Crippen LogP contribution is 2.31. The van der Waals surface area contributed by atoms with Crippen LogP contribution in [0.5, 0.6) is 17.2 Å². The lowest BCUT2D eigenvalue weighted by Gasteiger charge is -2.22. The van der Waals surface area contributed by atoms with Crippen molar-refractivity contribution in [2.24, 2.45) is 0 Å². The fourth-order valence-corrected chi connectivity index (χ4v) is 3.45. The molecule has 0 spiro atoms. The molecule has 0 aliphatic heterocycles. The van der Waals surface area contributed by atoms with Crippen LogP contribution in [-0.2, 0) is 4.79 Å². The number of amides is 1. The van der Waals surface area contributed by atoms with Gasteiger partial charge >= 0.3 is 0 Å². The topological polar surface area (TPSA) is 56.8 Å². The van der Waals surface area contributed by atoms with Crippen LogP contribution in [0.1, 0.15) is 45.7 Å². The zero-order valence-corrected chi connectivity index (χ0v) is 18.7. The smallest absolute Gasteiger partial charge is 0.261 e. The SMILES string of the molecule is CCOc1ccc([C@@H](C)NC(=O)[C@@H](CC)Oc2ccc3ccccc3c2)cc1OCC. The summed E-state index contributed by atoms with van der Waals surface area (Å²) in [6.07, 6.45) is -0.00329. The molecule has 1 N–H and O–H groups in total. The van der Waals surface area contributed by atoms with Crippen molar-refractivity contribution in [3.05, 3.63) is 66.2 Å². The summed E-state index contributed by atoms with van der Waals surface area (Å²) in [4.78, 5) is 12.9. The molecule has 2 atom stereocenters. The van der Waals surface area contributed by atoms with Crippen molar-refractivity contribution in [2.75, 3.05) is 13.2 Å². The second kappa shape index (κ2) is 10.7. The van der Waals surface area contributed by atoms with Gasteiger partial charge < -0.3 is 19.5 Å². The minimum Gasteiger partial charge on any atom is -0.490 e. The summed E-state index contributed by atoms with van der Waals surface area (Å²) in [5, 5.41) is 5.29. The quantitative estimate of drug-likeness (QED) is 0.458. The predicted molar refractivity (Wildman–Crippen MR) is 124 cm³/mol. The molecule has 0 bridgehead atoms. The molecular formula is C26H31NO4. The van der Waals surface area contributed by atoms with Crippen LogP contribution in [0, 0.1) is 0 Å². The highest BCUT2D eigenvalue weighted by molar-refractivity contribution is 5.84. The largest absolute Gasteiger partial charge is 0.490 e. The van der Waals surface area contributed by atoms with Crippen LogP contribution in [-0.4, -0.2) is 25.2 Å². The second-order valence-corrected chi connectivity index (χ2v) is 7.33. The summed E-state index contributed by atoms with van der Waals surface area (Å²) in [6.45, 7) is 8.88. The van der Waals surface area contributed by atoms with Crippen molar-refractivity contribution < 1.29 is 19.0 Å². The van der Waals surface area contributed by atoms with Gasteiger partial charge in [-0.05, 0) is 67.8 Å². The number of nitrogens with one attached hydrogen (secondary N) is 1. The second-order valence-electron chi connectivity index (χ2n) is 7.33. The number of ether oxygens (including phenoxy) is 3. The normalized spacial score (nSPS) is 12.8. The first kappa shape index (κ1) is 22.5. The van der Waals surface area contributed by atoms with Crippen LogP contribution in [0.15, 0.2) is 60.7 Å². The number of rotatable bonds is 10. The van der Waals surface area contributed by atoms with Gasteiger partial charge in [0.2, 0.25) is 0 Å². The van der Waals surface area contributed by atoms with E-state index in [1.54, 1.807) is 0 Å². The van der Waals surface area contributed by atoms with Crippen LogP contribution in [0.3, 0.4) is 0 Å².